The van der Waals surface area contributed by atoms with E-state index in [0.717, 1.165) is 6.07 Å². The fourth-order valence-electron chi connectivity index (χ4n) is 2.62. The summed E-state index contributed by atoms with van der Waals surface area (Å²) in [5.41, 5.74) is 0.563. The van der Waals surface area contributed by atoms with Gasteiger partial charge in [0.2, 0.25) is 5.76 Å². The van der Waals surface area contributed by atoms with Crippen LogP contribution in [-0.2, 0) is 9.53 Å². The molecule has 0 bridgehead atoms. The van der Waals surface area contributed by atoms with Crippen LogP contribution in [0.1, 0.15) is 29.1 Å². The first kappa shape index (κ1) is 19.9. The monoisotopic (exact) mass is 419 g/mol. The molecule has 0 fully saturated rings. The van der Waals surface area contributed by atoms with E-state index in [1.807, 2.05) is 0 Å². The second-order valence-electron chi connectivity index (χ2n) is 6.00. The van der Waals surface area contributed by atoms with Gasteiger partial charge in [0.25, 0.3) is 5.91 Å². The average Bonchev–Trinajstić information content (AvgIpc) is 2.66. The minimum Gasteiger partial charge on any atom is -0.450 e. The number of amides is 1. The van der Waals surface area contributed by atoms with Crippen molar-refractivity contribution in [2.24, 2.45) is 0 Å². The van der Waals surface area contributed by atoms with Crippen molar-refractivity contribution < 1.29 is 18.7 Å². The Morgan fingerprint density at radius 2 is 1.89 bits per heavy atom. The molecule has 0 aliphatic carbocycles. The second kappa shape index (κ2) is 8.46. The quantitative estimate of drug-likeness (QED) is 0.628. The number of ether oxygens (including phenoxy) is 1. The van der Waals surface area contributed by atoms with Crippen LogP contribution < -0.4 is 10.7 Å². The lowest BCUT2D eigenvalue weighted by Crippen LogP contribution is -2.31. The Morgan fingerprint density at radius 1 is 1.14 bits per heavy atom. The summed E-state index contributed by atoms with van der Waals surface area (Å²) in [4.78, 5) is 36.2. The van der Waals surface area contributed by atoms with Crippen molar-refractivity contribution in [1.82, 2.24) is 5.32 Å². The standard InChI is InChI=1S/C20H15Cl2NO5/c1-11(13-7-6-12(21)8-15(13)22)23-19(25)10-27-20(26)18-9-16(24)14-4-2-3-5-17(14)28-18/h2-9,11H,10H2,1H3,(H,23,25). The van der Waals surface area contributed by atoms with Crippen LogP contribution in [0.15, 0.2) is 57.7 Å². The minimum absolute atomic E-state index is 0.261. The number of halogens is 2. The van der Waals surface area contributed by atoms with Gasteiger partial charge in [-0.2, -0.15) is 0 Å². The summed E-state index contributed by atoms with van der Waals surface area (Å²) < 4.78 is 10.3. The van der Waals surface area contributed by atoms with E-state index in [9.17, 15) is 14.4 Å². The molecule has 3 rings (SSSR count). The van der Waals surface area contributed by atoms with Gasteiger partial charge in [-0.15, -0.1) is 0 Å². The van der Waals surface area contributed by atoms with E-state index in [-0.39, 0.29) is 16.8 Å². The number of benzene rings is 2. The largest absolute Gasteiger partial charge is 0.450 e. The number of carbonyl (C=O) groups is 2. The normalized spacial score (nSPS) is 11.8. The third kappa shape index (κ3) is 4.52. The summed E-state index contributed by atoms with van der Waals surface area (Å²) in [5, 5.41) is 3.92. The lowest BCUT2D eigenvalue weighted by molar-refractivity contribution is -0.124. The Morgan fingerprint density at radius 3 is 2.64 bits per heavy atom. The molecule has 6 nitrogen and oxygen atoms in total. The summed E-state index contributed by atoms with van der Waals surface area (Å²) >= 11 is 12.0. The maximum absolute atomic E-state index is 12.1. The number of hydrogen-bond acceptors (Lipinski definition) is 5. The van der Waals surface area contributed by atoms with Crippen molar-refractivity contribution in [3.63, 3.8) is 0 Å². The molecule has 1 heterocycles. The number of para-hydroxylation sites is 1. The molecule has 1 aromatic heterocycles. The highest BCUT2D eigenvalue weighted by atomic mass is 35.5. The third-order valence-corrected chi connectivity index (χ3v) is 4.54. The maximum atomic E-state index is 12.1. The molecule has 0 aliphatic rings. The van der Waals surface area contributed by atoms with E-state index in [0.29, 0.717) is 21.0 Å². The highest BCUT2D eigenvalue weighted by molar-refractivity contribution is 6.35. The number of carbonyl (C=O) groups excluding carboxylic acids is 2. The molecule has 3 aromatic rings. The molecule has 0 aliphatic heterocycles. The van der Waals surface area contributed by atoms with Crippen molar-refractivity contribution in [3.05, 3.63) is 80.1 Å². The average molecular weight is 420 g/mol. The summed E-state index contributed by atoms with van der Waals surface area (Å²) in [7, 11) is 0. The van der Waals surface area contributed by atoms with Gasteiger partial charge in [0.05, 0.1) is 11.4 Å². The zero-order valence-electron chi connectivity index (χ0n) is 14.7. The molecule has 0 saturated carbocycles. The molecule has 144 valence electrons. The van der Waals surface area contributed by atoms with Crippen LogP contribution in [-0.4, -0.2) is 18.5 Å². The number of rotatable bonds is 5. The van der Waals surface area contributed by atoms with Gasteiger partial charge in [0, 0.05) is 16.1 Å². The van der Waals surface area contributed by atoms with E-state index in [1.54, 1.807) is 49.4 Å². The number of nitrogens with one attached hydrogen (secondary N) is 1. The molecular weight excluding hydrogens is 405 g/mol. The van der Waals surface area contributed by atoms with Crippen molar-refractivity contribution in [3.8, 4) is 0 Å². The molecule has 8 heteroatoms. The van der Waals surface area contributed by atoms with Crippen LogP contribution in [0.2, 0.25) is 10.0 Å². The first-order valence-electron chi connectivity index (χ1n) is 8.29. The van der Waals surface area contributed by atoms with Crippen LogP contribution in [0.4, 0.5) is 0 Å². The number of hydrogen-bond donors (Lipinski definition) is 1. The zero-order chi connectivity index (χ0) is 20.3. The highest BCUT2D eigenvalue weighted by Gasteiger charge is 2.17. The summed E-state index contributed by atoms with van der Waals surface area (Å²) in [6.07, 6.45) is 0. The lowest BCUT2D eigenvalue weighted by Gasteiger charge is -2.16. The SMILES string of the molecule is CC(NC(=O)COC(=O)c1cc(=O)c2ccccc2o1)c1ccc(Cl)cc1Cl. The Labute approximate surface area is 170 Å². The smallest absolute Gasteiger partial charge is 0.374 e. The first-order chi connectivity index (χ1) is 13.3. The van der Waals surface area contributed by atoms with Gasteiger partial charge >= 0.3 is 5.97 Å². The topological polar surface area (TPSA) is 85.6 Å². The highest BCUT2D eigenvalue weighted by Crippen LogP contribution is 2.26. The predicted octanol–water partition coefficient (Wildman–Crippen LogP) is 4.13. The van der Waals surface area contributed by atoms with Crippen LogP contribution in [0.3, 0.4) is 0 Å². The minimum atomic E-state index is -0.907. The molecule has 2 aromatic carbocycles. The van der Waals surface area contributed by atoms with Gasteiger partial charge < -0.3 is 14.5 Å². The Hall–Kier alpha value is -2.83. The summed E-state index contributed by atoms with van der Waals surface area (Å²) in [6.45, 7) is 1.20. The van der Waals surface area contributed by atoms with Crippen LogP contribution in [0, 0.1) is 0 Å². The van der Waals surface area contributed by atoms with Crippen LogP contribution in [0.25, 0.3) is 11.0 Å². The molecule has 28 heavy (non-hydrogen) atoms. The fourth-order valence-corrected chi connectivity index (χ4v) is 3.19. The number of fused-ring (bicyclic) bond motifs is 1. The van der Waals surface area contributed by atoms with Gasteiger partial charge in [-0.3, -0.25) is 9.59 Å². The lowest BCUT2D eigenvalue weighted by atomic mass is 10.1. The van der Waals surface area contributed by atoms with Gasteiger partial charge in [-0.25, -0.2) is 4.79 Å². The van der Waals surface area contributed by atoms with Crippen molar-refractivity contribution >= 4 is 46.0 Å². The molecule has 1 N–H and O–H groups in total. The van der Waals surface area contributed by atoms with Crippen LogP contribution >= 0.6 is 23.2 Å². The molecule has 1 amide bonds. The van der Waals surface area contributed by atoms with Crippen LogP contribution in [0.5, 0.6) is 0 Å². The first-order valence-corrected chi connectivity index (χ1v) is 9.05. The maximum Gasteiger partial charge on any atom is 0.374 e. The Balaban J connectivity index is 1.63. The van der Waals surface area contributed by atoms with E-state index in [1.165, 1.54) is 0 Å². The van der Waals surface area contributed by atoms with E-state index in [4.69, 9.17) is 32.4 Å². The Bertz CT molecular complexity index is 1110. The zero-order valence-corrected chi connectivity index (χ0v) is 16.2. The third-order valence-electron chi connectivity index (χ3n) is 3.98. The Kier molecular flexibility index (Phi) is 6.02. The second-order valence-corrected chi connectivity index (χ2v) is 6.85. The summed E-state index contributed by atoms with van der Waals surface area (Å²) in [6, 6.07) is 12.1. The fraction of sp³-hybridized carbons (Fsp3) is 0.150. The van der Waals surface area contributed by atoms with Gasteiger partial charge in [0.1, 0.15) is 5.58 Å². The summed E-state index contributed by atoms with van der Waals surface area (Å²) in [5.74, 6) is -1.71. The molecule has 0 spiro atoms. The van der Waals surface area contributed by atoms with E-state index >= 15 is 0 Å². The van der Waals surface area contributed by atoms with Gasteiger partial charge in [-0.05, 0) is 36.8 Å². The number of esters is 1. The van der Waals surface area contributed by atoms with Crippen molar-refractivity contribution in [2.45, 2.75) is 13.0 Å². The van der Waals surface area contributed by atoms with E-state index in [2.05, 4.69) is 5.32 Å². The van der Waals surface area contributed by atoms with E-state index < -0.39 is 24.5 Å². The molecule has 0 radical (unpaired) electrons. The van der Waals surface area contributed by atoms with Gasteiger partial charge in [-0.1, -0.05) is 41.4 Å². The predicted molar refractivity (Wildman–Crippen MR) is 106 cm³/mol. The van der Waals surface area contributed by atoms with Gasteiger partial charge in [0.15, 0.2) is 12.0 Å². The molecule has 0 saturated heterocycles. The van der Waals surface area contributed by atoms with Crippen molar-refractivity contribution in [2.75, 3.05) is 6.61 Å². The molecule has 1 unspecified atom stereocenters. The molecular formula is C20H15Cl2NO5. The molecule has 1 atom stereocenters. The van der Waals surface area contributed by atoms with Crippen molar-refractivity contribution in [1.29, 1.82) is 0 Å².